The Morgan fingerprint density at radius 2 is 1.79 bits per heavy atom. The van der Waals surface area contributed by atoms with Gasteiger partial charge in [-0.15, -0.1) is 0 Å². The van der Waals surface area contributed by atoms with Gasteiger partial charge in [0, 0.05) is 31.6 Å². The molecule has 1 amide bonds. The average molecular weight is 378 g/mol. The number of benzene rings is 2. The third kappa shape index (κ3) is 4.08. The van der Waals surface area contributed by atoms with Crippen molar-refractivity contribution in [3.05, 3.63) is 65.4 Å². The lowest BCUT2D eigenvalue weighted by Gasteiger charge is -2.35. The maximum Gasteiger partial charge on any atom is 0.272 e. The Hall–Kier alpha value is -2.70. The third-order valence-corrected chi connectivity index (χ3v) is 5.13. The Balaban J connectivity index is 1.44. The first-order valence-corrected chi connectivity index (χ1v) is 9.76. The zero-order valence-corrected chi connectivity index (χ0v) is 16.3. The maximum absolute atomic E-state index is 12.7. The fraction of sp³-hybridized carbons (Fsp3) is 0.364. The quantitative estimate of drug-likeness (QED) is 0.716. The van der Waals surface area contributed by atoms with Gasteiger partial charge in [0.1, 0.15) is 0 Å². The summed E-state index contributed by atoms with van der Waals surface area (Å²) in [6, 6.07) is 15.9. The standard InChI is InChI=1S/C22H26N4O2/c1-15-12-26(13-16(2)28-15)14-18-8-4-3-7-17(18)11-23-22(27)21-19-9-5-6-10-20(19)24-25-21/h3-10,15-16H,11-14H2,1-2H3,(H,23,27)(H,24,25). The van der Waals surface area contributed by atoms with Crippen molar-refractivity contribution in [3.63, 3.8) is 0 Å². The van der Waals surface area contributed by atoms with Gasteiger partial charge < -0.3 is 10.1 Å². The Bertz CT molecular complexity index is 958. The second kappa shape index (κ2) is 8.12. The number of morpholine rings is 1. The van der Waals surface area contributed by atoms with Crippen molar-refractivity contribution < 1.29 is 9.53 Å². The monoisotopic (exact) mass is 378 g/mol. The molecular weight excluding hydrogens is 352 g/mol. The fourth-order valence-electron chi connectivity index (χ4n) is 3.93. The van der Waals surface area contributed by atoms with E-state index >= 15 is 0 Å². The molecule has 2 atom stereocenters. The highest BCUT2D eigenvalue weighted by Crippen LogP contribution is 2.18. The van der Waals surface area contributed by atoms with Crippen LogP contribution in [0.2, 0.25) is 0 Å². The summed E-state index contributed by atoms with van der Waals surface area (Å²) in [5.74, 6) is -0.166. The normalized spacial score (nSPS) is 20.4. The molecule has 6 nitrogen and oxygen atoms in total. The molecule has 1 fully saturated rings. The van der Waals surface area contributed by atoms with Crippen LogP contribution in [0.15, 0.2) is 48.5 Å². The molecule has 0 aliphatic carbocycles. The van der Waals surface area contributed by atoms with Crippen LogP contribution in [0.5, 0.6) is 0 Å². The first-order valence-electron chi connectivity index (χ1n) is 9.76. The van der Waals surface area contributed by atoms with Crippen molar-refractivity contribution in [2.24, 2.45) is 0 Å². The van der Waals surface area contributed by atoms with E-state index in [4.69, 9.17) is 4.74 Å². The van der Waals surface area contributed by atoms with Crippen LogP contribution in [0.3, 0.4) is 0 Å². The minimum absolute atomic E-state index is 0.166. The van der Waals surface area contributed by atoms with Gasteiger partial charge in [-0.2, -0.15) is 5.10 Å². The topological polar surface area (TPSA) is 70.2 Å². The number of nitrogens with one attached hydrogen (secondary N) is 2. The number of carbonyl (C=O) groups excluding carboxylic acids is 1. The van der Waals surface area contributed by atoms with E-state index in [1.54, 1.807) is 0 Å². The summed E-state index contributed by atoms with van der Waals surface area (Å²) in [4.78, 5) is 15.1. The number of rotatable bonds is 5. The summed E-state index contributed by atoms with van der Waals surface area (Å²) in [7, 11) is 0. The lowest BCUT2D eigenvalue weighted by Crippen LogP contribution is -2.45. The van der Waals surface area contributed by atoms with Crippen LogP contribution in [0.25, 0.3) is 10.9 Å². The van der Waals surface area contributed by atoms with Gasteiger partial charge in [-0.3, -0.25) is 14.8 Å². The average Bonchev–Trinajstić information content (AvgIpc) is 3.10. The van der Waals surface area contributed by atoms with Crippen molar-refractivity contribution in [1.82, 2.24) is 20.4 Å². The highest BCUT2D eigenvalue weighted by molar-refractivity contribution is 6.04. The zero-order chi connectivity index (χ0) is 19.5. The number of H-pyrrole nitrogens is 1. The molecule has 4 rings (SSSR count). The van der Waals surface area contributed by atoms with Crippen molar-refractivity contribution in [2.75, 3.05) is 13.1 Å². The summed E-state index contributed by atoms with van der Waals surface area (Å²) in [6.07, 6.45) is 0.479. The van der Waals surface area contributed by atoms with Crippen LogP contribution >= 0.6 is 0 Å². The SMILES string of the molecule is CC1CN(Cc2ccccc2CNC(=O)c2n[nH]c3ccccc23)CC(C)O1. The van der Waals surface area contributed by atoms with Crippen molar-refractivity contribution in [2.45, 2.75) is 39.1 Å². The summed E-state index contributed by atoms with van der Waals surface area (Å²) >= 11 is 0. The second-order valence-corrected chi connectivity index (χ2v) is 7.52. The summed E-state index contributed by atoms with van der Waals surface area (Å²) in [6.45, 7) is 7.40. The Kier molecular flexibility index (Phi) is 5.41. The summed E-state index contributed by atoms with van der Waals surface area (Å²) in [5.41, 5.74) is 3.66. The number of para-hydroxylation sites is 1. The maximum atomic E-state index is 12.7. The fourth-order valence-corrected chi connectivity index (χ4v) is 3.93. The molecule has 2 heterocycles. The number of fused-ring (bicyclic) bond motifs is 1. The van der Waals surface area contributed by atoms with E-state index in [1.807, 2.05) is 30.3 Å². The molecule has 146 valence electrons. The van der Waals surface area contributed by atoms with Crippen LogP contribution in [-0.2, 0) is 17.8 Å². The summed E-state index contributed by atoms with van der Waals surface area (Å²) in [5, 5.41) is 11.0. The molecule has 6 heteroatoms. The molecule has 2 N–H and O–H groups in total. The molecule has 1 aliphatic heterocycles. The molecule has 0 saturated carbocycles. The van der Waals surface area contributed by atoms with Crippen LogP contribution in [0.4, 0.5) is 0 Å². The van der Waals surface area contributed by atoms with Crippen LogP contribution < -0.4 is 5.32 Å². The van der Waals surface area contributed by atoms with Gasteiger partial charge in [-0.1, -0.05) is 42.5 Å². The number of hydrogen-bond acceptors (Lipinski definition) is 4. The van der Waals surface area contributed by atoms with Gasteiger partial charge >= 0.3 is 0 Å². The predicted molar refractivity (Wildman–Crippen MR) is 109 cm³/mol. The number of hydrogen-bond donors (Lipinski definition) is 2. The summed E-state index contributed by atoms with van der Waals surface area (Å²) < 4.78 is 5.83. The van der Waals surface area contributed by atoms with Crippen molar-refractivity contribution in [1.29, 1.82) is 0 Å². The van der Waals surface area contributed by atoms with E-state index in [9.17, 15) is 4.79 Å². The van der Waals surface area contributed by atoms with Gasteiger partial charge in [-0.05, 0) is 31.0 Å². The van der Waals surface area contributed by atoms with Gasteiger partial charge in [0.25, 0.3) is 5.91 Å². The molecule has 1 aliphatic rings. The van der Waals surface area contributed by atoms with Gasteiger partial charge in [0.05, 0.1) is 17.7 Å². The van der Waals surface area contributed by atoms with Gasteiger partial charge in [0.2, 0.25) is 0 Å². The molecule has 1 saturated heterocycles. The van der Waals surface area contributed by atoms with Gasteiger partial charge in [-0.25, -0.2) is 0 Å². The lowest BCUT2D eigenvalue weighted by molar-refractivity contribution is -0.0705. The molecule has 1 aromatic heterocycles. The minimum Gasteiger partial charge on any atom is -0.373 e. The molecule has 0 spiro atoms. The van der Waals surface area contributed by atoms with E-state index in [-0.39, 0.29) is 18.1 Å². The first-order chi connectivity index (χ1) is 13.6. The van der Waals surface area contributed by atoms with E-state index in [2.05, 4.69) is 52.5 Å². The van der Waals surface area contributed by atoms with Crippen LogP contribution in [-0.4, -0.2) is 46.3 Å². The highest BCUT2D eigenvalue weighted by atomic mass is 16.5. The first kappa shape index (κ1) is 18.7. The third-order valence-electron chi connectivity index (χ3n) is 5.13. The molecule has 0 bridgehead atoms. The largest absolute Gasteiger partial charge is 0.373 e. The number of aromatic amines is 1. The number of nitrogens with zero attached hydrogens (tertiary/aromatic N) is 2. The molecular formula is C22H26N4O2. The zero-order valence-electron chi connectivity index (χ0n) is 16.3. The Morgan fingerprint density at radius 3 is 2.57 bits per heavy atom. The van der Waals surface area contributed by atoms with Crippen molar-refractivity contribution in [3.8, 4) is 0 Å². The molecule has 2 unspecified atom stereocenters. The predicted octanol–water partition coefficient (Wildman–Crippen LogP) is 3.10. The smallest absolute Gasteiger partial charge is 0.272 e. The van der Waals surface area contributed by atoms with Crippen molar-refractivity contribution >= 4 is 16.8 Å². The van der Waals surface area contributed by atoms with E-state index < -0.39 is 0 Å². The molecule has 0 radical (unpaired) electrons. The molecule has 3 aromatic rings. The molecule has 28 heavy (non-hydrogen) atoms. The van der Waals surface area contributed by atoms with E-state index in [1.165, 1.54) is 5.56 Å². The van der Waals surface area contributed by atoms with Gasteiger partial charge in [0.15, 0.2) is 5.69 Å². The number of carbonyl (C=O) groups is 1. The van der Waals surface area contributed by atoms with E-state index in [0.29, 0.717) is 12.2 Å². The highest BCUT2D eigenvalue weighted by Gasteiger charge is 2.22. The minimum atomic E-state index is -0.166. The lowest BCUT2D eigenvalue weighted by atomic mass is 10.1. The second-order valence-electron chi connectivity index (χ2n) is 7.52. The number of aromatic nitrogens is 2. The number of ether oxygens (including phenoxy) is 1. The van der Waals surface area contributed by atoms with Crippen LogP contribution in [0, 0.1) is 0 Å². The molecule has 2 aromatic carbocycles. The van der Waals surface area contributed by atoms with E-state index in [0.717, 1.165) is 36.1 Å². The Labute approximate surface area is 164 Å². The van der Waals surface area contributed by atoms with Crippen LogP contribution in [0.1, 0.15) is 35.5 Å². The Morgan fingerprint density at radius 1 is 1.11 bits per heavy atom. The number of amides is 1.